The quantitative estimate of drug-likeness (QED) is 0.384. The van der Waals surface area contributed by atoms with Gasteiger partial charge < -0.3 is 25.0 Å². The molecule has 10 nitrogen and oxygen atoms in total. The van der Waals surface area contributed by atoms with Gasteiger partial charge in [0.1, 0.15) is 17.0 Å². The van der Waals surface area contributed by atoms with Gasteiger partial charge in [-0.25, -0.2) is 9.97 Å². The molecular weight excluding hydrogens is 434 g/mol. The van der Waals surface area contributed by atoms with Gasteiger partial charge in [-0.3, -0.25) is 4.79 Å². The number of anilines is 1. The molecule has 5 rings (SSSR count). The first-order valence-corrected chi connectivity index (χ1v) is 11.5. The summed E-state index contributed by atoms with van der Waals surface area (Å²) in [4.78, 5) is 21.4. The maximum Gasteiger partial charge on any atom is 0.256 e. The molecule has 34 heavy (non-hydrogen) atoms. The molecule has 0 aromatic carbocycles. The van der Waals surface area contributed by atoms with Crippen molar-refractivity contribution in [3.63, 3.8) is 0 Å². The minimum atomic E-state index is -0.242. The second-order valence-electron chi connectivity index (χ2n) is 8.13. The van der Waals surface area contributed by atoms with Crippen molar-refractivity contribution in [2.24, 2.45) is 0 Å². The molecule has 3 N–H and O–H groups in total. The summed E-state index contributed by atoms with van der Waals surface area (Å²) in [6, 6.07) is 5.77. The summed E-state index contributed by atoms with van der Waals surface area (Å²) in [6.07, 6.45) is 10.4. The van der Waals surface area contributed by atoms with E-state index in [2.05, 4.69) is 20.7 Å². The Bertz CT molecular complexity index is 1270. The molecule has 1 fully saturated rings. The fraction of sp³-hybridized carbons (Fsp3) is 0.417. The third-order valence-electron chi connectivity index (χ3n) is 6.05. The predicted octanol–water partition coefficient (Wildman–Crippen LogP) is 2.71. The second-order valence-corrected chi connectivity index (χ2v) is 8.13. The molecule has 4 heterocycles. The minimum absolute atomic E-state index is 0.112. The van der Waals surface area contributed by atoms with Crippen molar-refractivity contribution < 1.29 is 14.6 Å². The number of methoxy groups -OCH3 is 1. The van der Waals surface area contributed by atoms with E-state index in [9.17, 15) is 9.90 Å². The lowest BCUT2D eigenvalue weighted by Crippen LogP contribution is -2.18. The van der Waals surface area contributed by atoms with Crippen molar-refractivity contribution in [1.29, 1.82) is 0 Å². The Balaban J connectivity index is 0.000000398. The predicted molar refractivity (Wildman–Crippen MR) is 131 cm³/mol. The molecule has 0 atom stereocenters. The van der Waals surface area contributed by atoms with Crippen molar-refractivity contribution in [3.05, 3.63) is 42.4 Å². The third-order valence-corrected chi connectivity index (χ3v) is 6.05. The summed E-state index contributed by atoms with van der Waals surface area (Å²) in [6.45, 7) is 0.766. The number of amides is 1. The number of aryl methyl sites for hydroxylation is 1. The largest absolute Gasteiger partial charge is 0.396 e. The van der Waals surface area contributed by atoms with Crippen LogP contribution in [0.25, 0.3) is 27.9 Å². The Morgan fingerprint density at radius 3 is 2.74 bits per heavy atom. The average molecular weight is 466 g/mol. The van der Waals surface area contributed by atoms with Crippen molar-refractivity contribution in [1.82, 2.24) is 29.5 Å². The van der Waals surface area contributed by atoms with E-state index in [-0.39, 0.29) is 12.5 Å². The molecular formula is C24H31N7O3. The van der Waals surface area contributed by atoms with Gasteiger partial charge in [-0.2, -0.15) is 9.61 Å². The van der Waals surface area contributed by atoms with Gasteiger partial charge in [0, 0.05) is 63.8 Å². The van der Waals surface area contributed by atoms with E-state index in [1.807, 2.05) is 29.0 Å². The number of hydrogen-bond acceptors (Lipinski definition) is 7. The maximum absolute atomic E-state index is 12.2. The summed E-state index contributed by atoms with van der Waals surface area (Å²) in [7, 11) is 5.16. The van der Waals surface area contributed by atoms with Crippen molar-refractivity contribution in [2.75, 3.05) is 33.1 Å². The fourth-order valence-corrected chi connectivity index (χ4v) is 3.92. The van der Waals surface area contributed by atoms with Crippen LogP contribution >= 0.6 is 0 Å². The van der Waals surface area contributed by atoms with Crippen molar-refractivity contribution >= 4 is 28.4 Å². The Morgan fingerprint density at radius 1 is 1.29 bits per heavy atom. The topological polar surface area (TPSA) is 119 Å². The van der Waals surface area contributed by atoms with Crippen LogP contribution in [0.1, 0.15) is 36.0 Å². The molecule has 0 aliphatic heterocycles. The highest BCUT2D eigenvalue weighted by atomic mass is 16.5. The first kappa shape index (κ1) is 23.7. The van der Waals surface area contributed by atoms with Crippen molar-refractivity contribution in [2.45, 2.75) is 38.3 Å². The van der Waals surface area contributed by atoms with Gasteiger partial charge in [-0.05, 0) is 37.8 Å². The van der Waals surface area contributed by atoms with Gasteiger partial charge in [0.2, 0.25) is 0 Å². The number of aliphatic hydroxyl groups excluding tert-OH is 1. The highest BCUT2D eigenvalue weighted by molar-refractivity contribution is 6.00. The third kappa shape index (κ3) is 4.59. The molecule has 4 aromatic heterocycles. The zero-order valence-electron chi connectivity index (χ0n) is 19.8. The monoisotopic (exact) mass is 465 g/mol. The van der Waals surface area contributed by atoms with Crippen LogP contribution in [0.3, 0.4) is 0 Å². The number of aliphatic hydroxyl groups is 1. The highest BCUT2D eigenvalue weighted by Gasteiger charge is 2.19. The Morgan fingerprint density at radius 2 is 2.12 bits per heavy atom. The molecule has 1 aliphatic rings. The van der Waals surface area contributed by atoms with E-state index in [1.165, 1.54) is 25.5 Å². The molecule has 1 amide bonds. The highest BCUT2D eigenvalue weighted by Crippen LogP contribution is 2.31. The lowest BCUT2D eigenvalue weighted by atomic mass is 9.96. The molecule has 0 bridgehead atoms. The Hall–Kier alpha value is -3.50. The Labute approximate surface area is 198 Å². The number of aromatic nitrogens is 5. The van der Waals surface area contributed by atoms with Crippen LogP contribution in [-0.4, -0.2) is 69.1 Å². The number of nitrogens with zero attached hydrogens (tertiary/aromatic N) is 5. The smallest absolute Gasteiger partial charge is 0.256 e. The number of fused-ring (bicyclic) bond motifs is 2. The molecule has 0 unspecified atom stereocenters. The summed E-state index contributed by atoms with van der Waals surface area (Å²) in [5, 5.41) is 20.2. The molecule has 10 heteroatoms. The number of carbonyl (C=O) groups excluding carboxylic acids is 1. The number of rotatable bonds is 7. The lowest BCUT2D eigenvalue weighted by molar-refractivity contribution is 0.0412. The Kier molecular flexibility index (Phi) is 7.39. The van der Waals surface area contributed by atoms with Gasteiger partial charge in [0.15, 0.2) is 5.65 Å². The number of pyridine rings is 1. The number of ether oxygens (including phenoxy) is 1. The van der Waals surface area contributed by atoms with E-state index < -0.39 is 0 Å². The van der Waals surface area contributed by atoms with E-state index in [0.717, 1.165) is 22.4 Å². The summed E-state index contributed by atoms with van der Waals surface area (Å²) in [5.41, 5.74) is 3.33. The fourth-order valence-electron chi connectivity index (χ4n) is 3.92. The van der Waals surface area contributed by atoms with E-state index in [4.69, 9.17) is 9.72 Å². The zero-order valence-corrected chi connectivity index (χ0v) is 19.8. The van der Waals surface area contributed by atoms with Crippen LogP contribution in [-0.2, 0) is 11.3 Å². The lowest BCUT2D eigenvalue weighted by Gasteiger charge is -2.22. The van der Waals surface area contributed by atoms with Gasteiger partial charge in [-0.15, -0.1) is 0 Å². The number of carbonyl (C=O) groups is 1. The zero-order chi connectivity index (χ0) is 24.1. The first-order chi connectivity index (χ1) is 16.6. The van der Waals surface area contributed by atoms with Crippen LogP contribution in [0, 0.1) is 0 Å². The van der Waals surface area contributed by atoms with Crippen molar-refractivity contribution in [3.8, 4) is 11.3 Å². The standard InChI is InChI=1S/C19H21N7O2.C5H10O/c1-20-16-9-15(24-18-13(19(28)21-2)10-23-26(16)18)14-11-25(7-4-8-27)17-12(14)5-3-6-22-17;1-6-5-3-2-4-5/h3,5-6,9-11,20,27H,4,7-8H2,1-2H3,(H,21,28);5H,2-4H2,1H3. The minimum Gasteiger partial charge on any atom is -0.396 e. The molecule has 4 aromatic rings. The molecule has 0 radical (unpaired) electrons. The molecule has 1 aliphatic carbocycles. The van der Waals surface area contributed by atoms with Gasteiger partial charge in [-0.1, -0.05) is 0 Å². The van der Waals surface area contributed by atoms with Crippen LogP contribution < -0.4 is 10.6 Å². The second kappa shape index (κ2) is 10.6. The molecule has 180 valence electrons. The summed E-state index contributed by atoms with van der Waals surface area (Å²) in [5.74, 6) is 0.476. The van der Waals surface area contributed by atoms with Crippen LogP contribution in [0.5, 0.6) is 0 Å². The normalized spacial score (nSPS) is 13.4. The summed E-state index contributed by atoms with van der Waals surface area (Å²) < 4.78 is 8.61. The van der Waals surface area contributed by atoms with E-state index in [1.54, 1.807) is 31.9 Å². The van der Waals surface area contributed by atoms with Crippen LogP contribution in [0.2, 0.25) is 0 Å². The van der Waals surface area contributed by atoms with Gasteiger partial charge in [0.25, 0.3) is 5.91 Å². The maximum atomic E-state index is 12.2. The van der Waals surface area contributed by atoms with Gasteiger partial charge in [0.05, 0.1) is 18.0 Å². The number of nitrogens with one attached hydrogen (secondary N) is 2. The number of hydrogen-bond donors (Lipinski definition) is 3. The van der Waals surface area contributed by atoms with E-state index >= 15 is 0 Å². The first-order valence-electron chi connectivity index (χ1n) is 11.5. The van der Waals surface area contributed by atoms with Crippen LogP contribution in [0.4, 0.5) is 5.82 Å². The van der Waals surface area contributed by atoms with Gasteiger partial charge >= 0.3 is 0 Å². The molecule has 0 saturated heterocycles. The van der Waals surface area contributed by atoms with E-state index in [0.29, 0.717) is 36.0 Å². The molecule has 1 saturated carbocycles. The SMILES string of the molecule is CNC(=O)c1cnn2c(NC)cc(-c3cn(CCCO)c4ncccc34)nc12.COC1CCC1. The molecule has 0 spiro atoms. The average Bonchev–Trinajstić information content (AvgIpc) is 3.43. The van der Waals surface area contributed by atoms with Crippen LogP contribution in [0.15, 0.2) is 36.8 Å². The summed E-state index contributed by atoms with van der Waals surface area (Å²) >= 11 is 0.